The topological polar surface area (TPSA) is 160 Å². The smallest absolute Gasteiger partial charge is 0.268 e. The molecule has 1 heterocycles. The van der Waals surface area contributed by atoms with Crippen molar-refractivity contribution in [1.82, 2.24) is 0 Å². The molecule has 10 heteroatoms. The Kier molecular flexibility index (Phi) is 5.05. The zero-order chi connectivity index (χ0) is 19.8. The number of rotatable bonds is 5. The third-order valence-corrected chi connectivity index (χ3v) is 5.41. The Morgan fingerprint density at radius 1 is 1.07 bits per heavy atom. The van der Waals surface area contributed by atoms with Gasteiger partial charge in [-0.25, -0.2) is 0 Å². The molecule has 0 saturated heterocycles. The fourth-order valence-corrected chi connectivity index (χ4v) is 3.84. The van der Waals surface area contributed by atoms with Crippen LogP contribution >= 0.6 is 0 Å². The maximum atomic E-state index is 12.1. The van der Waals surface area contributed by atoms with Crippen molar-refractivity contribution in [2.24, 2.45) is 5.73 Å². The van der Waals surface area contributed by atoms with Crippen LogP contribution in [-0.4, -0.2) is 47.2 Å². The summed E-state index contributed by atoms with van der Waals surface area (Å²) >= 11 is 0. The summed E-state index contributed by atoms with van der Waals surface area (Å²) in [5.74, 6) is -1.50. The number of benzene rings is 2. The number of hydrogen-bond donors (Lipinski definition) is 5. The second-order valence-corrected chi connectivity index (χ2v) is 7.83. The van der Waals surface area contributed by atoms with Crippen LogP contribution in [0.1, 0.15) is 17.2 Å². The minimum absolute atomic E-state index is 0.0302. The lowest BCUT2D eigenvalue weighted by molar-refractivity contribution is 0.0408. The van der Waals surface area contributed by atoms with Crippen molar-refractivity contribution in [3.63, 3.8) is 0 Å². The molecule has 2 unspecified atom stereocenters. The molecule has 0 aromatic heterocycles. The van der Waals surface area contributed by atoms with Gasteiger partial charge in [-0.15, -0.1) is 0 Å². The minimum Gasteiger partial charge on any atom is -0.508 e. The minimum atomic E-state index is -3.96. The van der Waals surface area contributed by atoms with Crippen LogP contribution in [0.2, 0.25) is 0 Å². The van der Waals surface area contributed by atoms with Gasteiger partial charge in [-0.1, -0.05) is 6.07 Å². The van der Waals surface area contributed by atoms with Crippen LogP contribution in [0.15, 0.2) is 30.3 Å². The first-order valence-corrected chi connectivity index (χ1v) is 9.62. The van der Waals surface area contributed by atoms with Crippen molar-refractivity contribution >= 4 is 10.1 Å². The quantitative estimate of drug-likeness (QED) is 0.364. The average molecular weight is 397 g/mol. The molecular weight excluding hydrogens is 378 g/mol. The lowest BCUT2D eigenvalue weighted by atomic mass is 9.94. The first-order chi connectivity index (χ1) is 12.7. The SMILES string of the molecule is NCCS(=O)(=O)OC1Cc2c(O)cc(O)cc2OC1c1ccc(O)c(O)c1. The van der Waals surface area contributed by atoms with E-state index in [1.807, 2.05) is 0 Å². The van der Waals surface area contributed by atoms with Crippen molar-refractivity contribution in [2.45, 2.75) is 18.6 Å². The van der Waals surface area contributed by atoms with E-state index in [4.69, 9.17) is 14.7 Å². The highest BCUT2D eigenvalue weighted by Crippen LogP contribution is 2.44. The molecule has 2 aromatic carbocycles. The van der Waals surface area contributed by atoms with Crippen LogP contribution in [0.5, 0.6) is 28.7 Å². The molecule has 0 amide bonds. The highest BCUT2D eigenvalue weighted by molar-refractivity contribution is 7.86. The molecule has 1 aliphatic rings. The van der Waals surface area contributed by atoms with E-state index in [1.54, 1.807) is 0 Å². The lowest BCUT2D eigenvalue weighted by Crippen LogP contribution is -2.36. The van der Waals surface area contributed by atoms with Gasteiger partial charge in [0, 0.05) is 30.7 Å². The highest BCUT2D eigenvalue weighted by Gasteiger charge is 2.37. The van der Waals surface area contributed by atoms with Gasteiger partial charge in [-0.2, -0.15) is 8.42 Å². The number of phenols is 4. The fourth-order valence-electron chi connectivity index (χ4n) is 2.91. The van der Waals surface area contributed by atoms with E-state index in [9.17, 15) is 28.8 Å². The molecule has 0 fully saturated rings. The van der Waals surface area contributed by atoms with Gasteiger partial charge in [0.1, 0.15) is 23.4 Å². The number of ether oxygens (including phenoxy) is 1. The molecule has 0 bridgehead atoms. The second kappa shape index (κ2) is 7.14. The summed E-state index contributed by atoms with van der Waals surface area (Å²) in [6.07, 6.45) is -2.08. The van der Waals surface area contributed by atoms with Crippen LogP contribution in [0.4, 0.5) is 0 Å². The van der Waals surface area contributed by atoms with E-state index < -0.39 is 33.8 Å². The molecular formula is C17H19NO8S. The van der Waals surface area contributed by atoms with Gasteiger partial charge in [0.25, 0.3) is 10.1 Å². The van der Waals surface area contributed by atoms with E-state index >= 15 is 0 Å². The Morgan fingerprint density at radius 2 is 1.81 bits per heavy atom. The summed E-state index contributed by atoms with van der Waals surface area (Å²) in [5, 5.41) is 39.0. The lowest BCUT2D eigenvalue weighted by Gasteiger charge is -2.33. The van der Waals surface area contributed by atoms with Crippen molar-refractivity contribution in [1.29, 1.82) is 0 Å². The Labute approximate surface area is 155 Å². The first-order valence-electron chi connectivity index (χ1n) is 8.04. The second-order valence-electron chi connectivity index (χ2n) is 6.12. The molecule has 9 nitrogen and oxygen atoms in total. The molecule has 0 spiro atoms. The van der Waals surface area contributed by atoms with Crippen LogP contribution in [0.25, 0.3) is 0 Å². The Hall–Kier alpha value is -2.69. The van der Waals surface area contributed by atoms with E-state index in [0.29, 0.717) is 5.56 Å². The van der Waals surface area contributed by atoms with E-state index in [0.717, 1.165) is 6.07 Å². The van der Waals surface area contributed by atoms with Gasteiger partial charge in [0.2, 0.25) is 0 Å². The van der Waals surface area contributed by atoms with Crippen LogP contribution in [-0.2, 0) is 20.7 Å². The molecule has 0 aliphatic carbocycles. The number of fused-ring (bicyclic) bond motifs is 1. The van der Waals surface area contributed by atoms with Crippen molar-refractivity contribution in [3.8, 4) is 28.7 Å². The summed E-state index contributed by atoms with van der Waals surface area (Å²) in [7, 11) is -3.96. The largest absolute Gasteiger partial charge is 0.508 e. The molecule has 2 aromatic rings. The molecule has 27 heavy (non-hydrogen) atoms. The van der Waals surface area contributed by atoms with Gasteiger partial charge in [0.15, 0.2) is 17.6 Å². The predicted molar refractivity (Wildman–Crippen MR) is 94.3 cm³/mol. The first kappa shape index (κ1) is 19.1. The van der Waals surface area contributed by atoms with Crippen LogP contribution < -0.4 is 10.5 Å². The zero-order valence-electron chi connectivity index (χ0n) is 14.1. The zero-order valence-corrected chi connectivity index (χ0v) is 14.9. The van der Waals surface area contributed by atoms with Gasteiger partial charge < -0.3 is 30.9 Å². The van der Waals surface area contributed by atoms with E-state index in [-0.39, 0.29) is 41.5 Å². The highest BCUT2D eigenvalue weighted by atomic mass is 32.2. The Morgan fingerprint density at radius 3 is 2.48 bits per heavy atom. The van der Waals surface area contributed by atoms with Gasteiger partial charge in [-0.3, -0.25) is 4.18 Å². The molecule has 6 N–H and O–H groups in total. The van der Waals surface area contributed by atoms with Gasteiger partial charge in [-0.05, 0) is 17.7 Å². The summed E-state index contributed by atoms with van der Waals surface area (Å²) in [5.41, 5.74) is 5.92. The standard InChI is InChI=1S/C17H19NO8S/c18-3-4-27(23,24)26-16-8-11-13(21)6-10(19)7-15(11)25-17(16)9-1-2-12(20)14(22)5-9/h1-2,5-7,16-17,19-22H,3-4,8,18H2. The van der Waals surface area contributed by atoms with Crippen LogP contribution in [0, 0.1) is 0 Å². The monoisotopic (exact) mass is 397 g/mol. The number of nitrogens with two attached hydrogens (primary N) is 1. The maximum Gasteiger partial charge on any atom is 0.268 e. The number of aromatic hydroxyl groups is 4. The molecule has 146 valence electrons. The maximum absolute atomic E-state index is 12.1. The third kappa shape index (κ3) is 4.02. The Balaban J connectivity index is 2.04. The number of hydrogen-bond acceptors (Lipinski definition) is 9. The average Bonchev–Trinajstić information content (AvgIpc) is 2.57. The summed E-state index contributed by atoms with van der Waals surface area (Å²) in [6.45, 7) is -0.129. The molecule has 3 rings (SSSR count). The third-order valence-electron chi connectivity index (χ3n) is 4.13. The van der Waals surface area contributed by atoms with Crippen LogP contribution in [0.3, 0.4) is 0 Å². The van der Waals surface area contributed by atoms with Crippen molar-refractivity contribution < 1.29 is 37.8 Å². The summed E-state index contributed by atoms with van der Waals surface area (Å²) < 4.78 is 35.2. The van der Waals surface area contributed by atoms with Crippen molar-refractivity contribution in [2.75, 3.05) is 12.3 Å². The summed E-state index contributed by atoms with van der Waals surface area (Å²) in [6, 6.07) is 6.29. The van der Waals surface area contributed by atoms with Gasteiger partial charge >= 0.3 is 0 Å². The normalized spacial score (nSPS) is 19.3. The molecule has 0 saturated carbocycles. The number of phenolic OH excluding ortho intramolecular Hbond substituents is 4. The predicted octanol–water partition coefficient (Wildman–Crippen LogP) is 0.859. The van der Waals surface area contributed by atoms with E-state index in [1.165, 1.54) is 24.3 Å². The summed E-state index contributed by atoms with van der Waals surface area (Å²) in [4.78, 5) is 0. The molecule has 1 aliphatic heterocycles. The van der Waals surface area contributed by atoms with Crippen molar-refractivity contribution in [3.05, 3.63) is 41.5 Å². The fraction of sp³-hybridized carbons (Fsp3) is 0.294. The molecule has 2 atom stereocenters. The van der Waals surface area contributed by atoms with Gasteiger partial charge in [0.05, 0.1) is 5.75 Å². The van der Waals surface area contributed by atoms with E-state index in [2.05, 4.69) is 0 Å². The Bertz CT molecular complexity index is 960. The molecule has 0 radical (unpaired) electrons.